The Morgan fingerprint density at radius 3 is 2.36 bits per heavy atom. The Kier molecular flexibility index (Phi) is 13.5. The molecule has 0 bridgehead atoms. The standard InChI is InChI=1S/C14H27N4O4P.2Na/c1-8(2)6-12(17-9(3)19)11-5-4-10(23(20,21)22)7-13(11)18-14(15)16;;/h4,8,11-13H,5-7H2,1-3H3,(H,17,19)(H4,15,16,18)(H2,20,21,22);;/q;2*+1/p-2/t11-,12+,13+;;/m1../s1. The largest absolute Gasteiger partial charge is 1.00 e. The van der Waals surface area contributed by atoms with Crippen molar-refractivity contribution in [3.63, 3.8) is 0 Å². The molecule has 132 valence electrons. The van der Waals surface area contributed by atoms with Crippen molar-refractivity contribution < 1.29 is 78.3 Å². The quantitative estimate of drug-likeness (QED) is 0.177. The second-order valence-corrected chi connectivity index (χ2v) is 7.92. The summed E-state index contributed by atoms with van der Waals surface area (Å²) in [5.74, 6) is -0.188. The van der Waals surface area contributed by atoms with Crippen molar-refractivity contribution in [3.8, 4) is 0 Å². The van der Waals surface area contributed by atoms with E-state index in [9.17, 15) is 19.1 Å². The van der Waals surface area contributed by atoms with E-state index in [1.807, 2.05) is 13.8 Å². The number of carbonyl (C=O) groups is 1. The van der Waals surface area contributed by atoms with Crippen molar-refractivity contribution in [2.45, 2.75) is 52.1 Å². The number of carbonyl (C=O) groups excluding carboxylic acids is 1. The molecular weight excluding hydrogens is 365 g/mol. The summed E-state index contributed by atoms with van der Waals surface area (Å²) in [5.41, 5.74) is 10.9. The van der Waals surface area contributed by atoms with E-state index in [2.05, 4.69) is 10.3 Å². The van der Waals surface area contributed by atoms with Gasteiger partial charge in [0.25, 0.3) is 0 Å². The van der Waals surface area contributed by atoms with Gasteiger partial charge in [0.2, 0.25) is 5.91 Å². The van der Waals surface area contributed by atoms with Crippen LogP contribution >= 0.6 is 7.60 Å². The first kappa shape index (κ1) is 27.8. The van der Waals surface area contributed by atoms with Crippen molar-refractivity contribution in [2.75, 3.05) is 0 Å². The van der Waals surface area contributed by atoms with Crippen LogP contribution in [0.4, 0.5) is 0 Å². The number of aliphatic imine (C=N–C) groups is 1. The molecular formula is C14H25N4Na2O4P. The maximum Gasteiger partial charge on any atom is 1.00 e. The predicted octanol–water partition coefficient (Wildman–Crippen LogP) is -6.61. The van der Waals surface area contributed by atoms with Gasteiger partial charge in [-0.05, 0) is 38.1 Å². The summed E-state index contributed by atoms with van der Waals surface area (Å²) in [5, 5.41) is 2.72. The average Bonchev–Trinajstić information content (AvgIpc) is 2.34. The van der Waals surface area contributed by atoms with Gasteiger partial charge in [0.05, 0.1) is 6.04 Å². The van der Waals surface area contributed by atoms with Gasteiger partial charge in [-0.3, -0.25) is 4.79 Å². The summed E-state index contributed by atoms with van der Waals surface area (Å²) in [6.45, 7) is 5.48. The minimum Gasteiger partial charge on any atom is -0.808 e. The van der Waals surface area contributed by atoms with Gasteiger partial charge in [0.15, 0.2) is 5.96 Å². The molecule has 25 heavy (non-hydrogen) atoms. The molecule has 1 aliphatic carbocycles. The van der Waals surface area contributed by atoms with E-state index in [0.29, 0.717) is 18.8 Å². The van der Waals surface area contributed by atoms with E-state index in [-0.39, 0.29) is 94.7 Å². The van der Waals surface area contributed by atoms with Crippen LogP contribution in [-0.4, -0.2) is 24.0 Å². The van der Waals surface area contributed by atoms with E-state index in [0.717, 1.165) is 0 Å². The van der Waals surface area contributed by atoms with E-state index >= 15 is 0 Å². The fourth-order valence-electron chi connectivity index (χ4n) is 2.98. The average molecular weight is 390 g/mol. The molecule has 1 rings (SSSR count). The molecule has 0 aliphatic heterocycles. The number of nitrogens with two attached hydrogens (primary N) is 2. The van der Waals surface area contributed by atoms with Gasteiger partial charge in [0.1, 0.15) is 0 Å². The molecule has 0 aromatic heterocycles. The second kappa shape index (κ2) is 12.2. The molecule has 0 radical (unpaired) electrons. The van der Waals surface area contributed by atoms with Crippen molar-refractivity contribution in [3.05, 3.63) is 11.4 Å². The van der Waals surface area contributed by atoms with Crippen LogP contribution in [0.1, 0.15) is 40.0 Å². The van der Waals surface area contributed by atoms with Gasteiger partial charge in [-0.15, -0.1) is 0 Å². The van der Waals surface area contributed by atoms with Crippen LogP contribution in [0.5, 0.6) is 0 Å². The summed E-state index contributed by atoms with van der Waals surface area (Å²) in [7, 11) is -4.81. The third-order valence-corrected chi connectivity index (χ3v) is 4.90. The van der Waals surface area contributed by atoms with Crippen LogP contribution < -0.4 is 85.7 Å². The maximum atomic E-state index is 11.5. The normalized spacial score (nSPS) is 21.3. The number of hydrogen-bond acceptors (Lipinski definition) is 5. The topological polar surface area (TPSA) is 157 Å². The van der Waals surface area contributed by atoms with Gasteiger partial charge in [-0.1, -0.05) is 19.9 Å². The molecule has 1 aliphatic rings. The first-order chi connectivity index (χ1) is 10.5. The molecule has 0 unspecified atom stereocenters. The molecule has 0 spiro atoms. The molecule has 0 fully saturated rings. The molecule has 0 saturated carbocycles. The zero-order valence-corrected chi connectivity index (χ0v) is 20.6. The van der Waals surface area contributed by atoms with E-state index in [4.69, 9.17) is 11.5 Å². The SMILES string of the molecule is CC(=O)N[C@@H](CC(C)C)[C@H]1CC=C(P(=O)([O-])[O-])C[C@@H]1N=C(N)N.[Na+].[Na+]. The summed E-state index contributed by atoms with van der Waals surface area (Å²) in [6, 6.07) is -0.747. The van der Waals surface area contributed by atoms with Crippen LogP contribution in [-0.2, 0) is 9.36 Å². The smallest absolute Gasteiger partial charge is 0.808 e. The first-order valence-electron chi connectivity index (χ1n) is 7.58. The van der Waals surface area contributed by atoms with Crippen LogP contribution in [0.15, 0.2) is 16.4 Å². The number of guanidine groups is 1. The second-order valence-electron chi connectivity index (χ2n) is 6.35. The molecule has 0 saturated heterocycles. The predicted molar refractivity (Wildman–Crippen MR) is 85.1 cm³/mol. The zero-order chi connectivity index (χ0) is 17.8. The molecule has 5 N–H and O–H groups in total. The molecule has 0 aromatic rings. The molecule has 0 aromatic carbocycles. The zero-order valence-electron chi connectivity index (χ0n) is 15.7. The van der Waals surface area contributed by atoms with Crippen molar-refractivity contribution >= 4 is 19.5 Å². The van der Waals surface area contributed by atoms with E-state index < -0.39 is 13.6 Å². The molecule has 8 nitrogen and oxygen atoms in total. The van der Waals surface area contributed by atoms with Crippen molar-refractivity contribution in [2.24, 2.45) is 28.3 Å². The number of amides is 1. The maximum absolute atomic E-state index is 11.5. The number of nitrogens with one attached hydrogen (secondary N) is 1. The first-order valence-corrected chi connectivity index (χ1v) is 9.12. The Labute approximate surface area is 193 Å². The van der Waals surface area contributed by atoms with Gasteiger partial charge in [-0.25, -0.2) is 4.99 Å². The van der Waals surface area contributed by atoms with E-state index in [1.165, 1.54) is 13.0 Å². The summed E-state index contributed by atoms with van der Waals surface area (Å²) in [4.78, 5) is 38.1. The van der Waals surface area contributed by atoms with Crippen LogP contribution in [0, 0.1) is 11.8 Å². The summed E-state index contributed by atoms with van der Waals surface area (Å²) >= 11 is 0. The number of allylic oxidation sites excluding steroid dienone is 1. The van der Waals surface area contributed by atoms with Crippen LogP contribution in [0.3, 0.4) is 0 Å². The Bertz CT molecular complexity index is 547. The third-order valence-electron chi connectivity index (χ3n) is 3.84. The minimum absolute atomic E-state index is 0. The van der Waals surface area contributed by atoms with Gasteiger partial charge >= 0.3 is 59.1 Å². The third kappa shape index (κ3) is 9.94. The Morgan fingerprint density at radius 1 is 1.40 bits per heavy atom. The molecule has 1 amide bonds. The minimum atomic E-state index is -4.81. The van der Waals surface area contributed by atoms with Crippen LogP contribution in [0.25, 0.3) is 0 Å². The Morgan fingerprint density at radius 2 is 1.96 bits per heavy atom. The molecule has 3 atom stereocenters. The fraction of sp³-hybridized carbons (Fsp3) is 0.714. The number of nitrogens with zero attached hydrogens (tertiary/aromatic N) is 1. The fourth-order valence-corrected chi connectivity index (χ4v) is 3.72. The number of rotatable bonds is 6. The summed E-state index contributed by atoms with van der Waals surface area (Å²) < 4.78 is 11.3. The van der Waals surface area contributed by atoms with Crippen molar-refractivity contribution in [1.82, 2.24) is 5.32 Å². The van der Waals surface area contributed by atoms with Gasteiger partial charge in [0, 0.05) is 18.9 Å². The molecule has 11 heteroatoms. The molecule has 0 heterocycles. The van der Waals surface area contributed by atoms with Crippen LogP contribution in [0.2, 0.25) is 0 Å². The number of hydrogen-bond donors (Lipinski definition) is 3. The van der Waals surface area contributed by atoms with Gasteiger partial charge < -0.3 is 31.1 Å². The monoisotopic (exact) mass is 390 g/mol. The summed E-state index contributed by atoms with van der Waals surface area (Å²) in [6.07, 6.45) is 2.42. The van der Waals surface area contributed by atoms with E-state index in [1.54, 1.807) is 0 Å². The Balaban J connectivity index is 0. The van der Waals surface area contributed by atoms with Crippen molar-refractivity contribution in [1.29, 1.82) is 0 Å². The van der Waals surface area contributed by atoms with Gasteiger partial charge in [-0.2, -0.15) is 0 Å². The Hall–Kier alpha value is 0.630.